The summed E-state index contributed by atoms with van der Waals surface area (Å²) in [6.07, 6.45) is 4.22. The highest BCUT2D eigenvalue weighted by Crippen LogP contribution is 2.36. The molecule has 5 rings (SSSR count). The quantitative estimate of drug-likeness (QED) is 0.596. The fourth-order valence-corrected chi connectivity index (χ4v) is 4.28. The van der Waals surface area contributed by atoms with Crippen molar-refractivity contribution in [1.29, 1.82) is 0 Å². The van der Waals surface area contributed by atoms with E-state index in [0.717, 1.165) is 34.3 Å². The van der Waals surface area contributed by atoms with Crippen LogP contribution in [0.1, 0.15) is 31.1 Å². The number of rotatable bonds is 3. The minimum absolute atomic E-state index is 0.0184. The molecule has 0 aliphatic carbocycles. The summed E-state index contributed by atoms with van der Waals surface area (Å²) in [6.45, 7) is 5.28. The number of nitrogens with one attached hydrogen (secondary N) is 1. The van der Waals surface area contributed by atoms with Gasteiger partial charge in [0, 0.05) is 42.0 Å². The molecule has 0 fully saturated rings. The SMILES string of the molecule is CCO[C@H](C)c1cncc2c(=O)n3c(cc12)-c1[nH]c2ccccc2c1CC3. The Bertz CT molecular complexity index is 1240. The number of nitrogens with zero attached hydrogens (tertiary/aromatic N) is 2. The Morgan fingerprint density at radius 1 is 1.22 bits per heavy atom. The fraction of sp³-hybridized carbons (Fsp3) is 0.273. The minimum atomic E-state index is -0.112. The van der Waals surface area contributed by atoms with Crippen molar-refractivity contribution >= 4 is 21.7 Å². The van der Waals surface area contributed by atoms with E-state index < -0.39 is 0 Å². The zero-order chi connectivity index (χ0) is 18.5. The maximum absolute atomic E-state index is 13.2. The van der Waals surface area contributed by atoms with Crippen LogP contribution in [0.5, 0.6) is 0 Å². The zero-order valence-electron chi connectivity index (χ0n) is 15.5. The fourth-order valence-electron chi connectivity index (χ4n) is 4.28. The molecule has 0 amide bonds. The number of aromatic nitrogens is 3. The Morgan fingerprint density at radius 3 is 2.93 bits per heavy atom. The summed E-state index contributed by atoms with van der Waals surface area (Å²) in [5.74, 6) is 0. The number of para-hydroxylation sites is 1. The van der Waals surface area contributed by atoms with Crippen molar-refractivity contribution in [2.24, 2.45) is 0 Å². The first-order valence-electron chi connectivity index (χ1n) is 9.42. The molecule has 1 atom stereocenters. The van der Waals surface area contributed by atoms with Crippen molar-refractivity contribution in [2.45, 2.75) is 32.9 Å². The summed E-state index contributed by atoms with van der Waals surface area (Å²) in [4.78, 5) is 21.0. The Hall–Kier alpha value is -2.92. The van der Waals surface area contributed by atoms with Crippen molar-refractivity contribution in [3.63, 3.8) is 0 Å². The highest BCUT2D eigenvalue weighted by atomic mass is 16.5. The van der Waals surface area contributed by atoms with E-state index in [1.807, 2.05) is 30.7 Å². The van der Waals surface area contributed by atoms with E-state index >= 15 is 0 Å². The Labute approximate surface area is 156 Å². The second kappa shape index (κ2) is 6.06. The zero-order valence-corrected chi connectivity index (χ0v) is 15.5. The van der Waals surface area contributed by atoms with Crippen LogP contribution in [-0.4, -0.2) is 21.1 Å². The number of H-pyrrole nitrogens is 1. The number of aryl methyl sites for hydroxylation is 1. The van der Waals surface area contributed by atoms with Gasteiger partial charge in [-0.25, -0.2) is 0 Å². The molecular formula is C22H21N3O2. The second-order valence-corrected chi connectivity index (χ2v) is 7.05. The van der Waals surface area contributed by atoms with Gasteiger partial charge in [0.2, 0.25) is 0 Å². The summed E-state index contributed by atoms with van der Waals surface area (Å²) in [5, 5.41) is 2.82. The number of hydrogen-bond acceptors (Lipinski definition) is 3. The van der Waals surface area contributed by atoms with E-state index in [9.17, 15) is 4.79 Å². The number of ether oxygens (including phenoxy) is 1. The van der Waals surface area contributed by atoms with E-state index in [2.05, 4.69) is 34.2 Å². The average Bonchev–Trinajstić information content (AvgIpc) is 3.07. The molecule has 0 spiro atoms. The summed E-state index contributed by atoms with van der Waals surface area (Å²) in [6, 6.07) is 10.4. The number of hydrogen-bond donors (Lipinski definition) is 1. The molecule has 0 saturated heterocycles. The molecule has 1 aromatic carbocycles. The molecule has 0 saturated carbocycles. The normalized spacial score (nSPS) is 14.3. The van der Waals surface area contributed by atoms with E-state index in [4.69, 9.17) is 4.74 Å². The van der Waals surface area contributed by atoms with Gasteiger partial charge < -0.3 is 14.3 Å². The molecule has 0 unspecified atom stereocenters. The van der Waals surface area contributed by atoms with E-state index in [1.54, 1.807) is 6.20 Å². The summed E-state index contributed by atoms with van der Waals surface area (Å²) >= 11 is 0. The molecule has 4 heterocycles. The maximum atomic E-state index is 13.2. The van der Waals surface area contributed by atoms with Crippen LogP contribution in [0.4, 0.5) is 0 Å². The lowest BCUT2D eigenvalue weighted by atomic mass is 9.98. The van der Waals surface area contributed by atoms with Crippen LogP contribution in [-0.2, 0) is 17.7 Å². The smallest absolute Gasteiger partial charge is 0.260 e. The highest BCUT2D eigenvalue weighted by Gasteiger charge is 2.24. The number of aromatic amines is 1. The standard InChI is InChI=1S/C22H21N3O2/c1-3-27-13(2)17-11-23-12-18-16(17)10-20-21-15(8-9-25(20)22(18)26)14-6-4-5-7-19(14)24-21/h4-7,10-13,24H,3,8-9H2,1-2H3/t13-/m1/s1. The Morgan fingerprint density at radius 2 is 2.07 bits per heavy atom. The van der Waals surface area contributed by atoms with Crippen LogP contribution in [0.3, 0.4) is 0 Å². The molecule has 1 aliphatic heterocycles. The minimum Gasteiger partial charge on any atom is -0.374 e. The molecule has 0 radical (unpaired) electrons. The van der Waals surface area contributed by atoms with Crippen LogP contribution in [0, 0.1) is 0 Å². The average molecular weight is 359 g/mol. The summed E-state index contributed by atoms with van der Waals surface area (Å²) in [7, 11) is 0. The van der Waals surface area contributed by atoms with Crippen LogP contribution in [0.2, 0.25) is 0 Å². The molecule has 1 aliphatic rings. The van der Waals surface area contributed by atoms with Crippen LogP contribution in [0.25, 0.3) is 33.1 Å². The van der Waals surface area contributed by atoms with Gasteiger partial charge in [-0.3, -0.25) is 9.78 Å². The first kappa shape index (κ1) is 16.3. The molecule has 4 aromatic rings. The highest BCUT2D eigenvalue weighted by molar-refractivity contribution is 5.93. The maximum Gasteiger partial charge on any atom is 0.260 e. The van der Waals surface area contributed by atoms with Crippen LogP contribution >= 0.6 is 0 Å². The predicted molar refractivity (Wildman–Crippen MR) is 107 cm³/mol. The van der Waals surface area contributed by atoms with Gasteiger partial charge in [0.15, 0.2) is 0 Å². The third kappa shape index (κ3) is 2.35. The topological polar surface area (TPSA) is 59.9 Å². The largest absolute Gasteiger partial charge is 0.374 e. The molecule has 136 valence electrons. The molecule has 0 bridgehead atoms. The number of pyridine rings is 2. The predicted octanol–water partition coefficient (Wildman–Crippen LogP) is 4.20. The summed E-state index contributed by atoms with van der Waals surface area (Å²) < 4.78 is 7.65. The third-order valence-corrected chi connectivity index (χ3v) is 5.58. The van der Waals surface area contributed by atoms with Crippen molar-refractivity contribution in [3.05, 3.63) is 64.2 Å². The van der Waals surface area contributed by atoms with Crippen molar-refractivity contribution in [3.8, 4) is 11.4 Å². The second-order valence-electron chi connectivity index (χ2n) is 7.05. The lowest BCUT2D eigenvalue weighted by Crippen LogP contribution is -2.26. The molecule has 3 aromatic heterocycles. The van der Waals surface area contributed by atoms with Gasteiger partial charge in [0.25, 0.3) is 5.56 Å². The van der Waals surface area contributed by atoms with Crippen molar-refractivity contribution in [2.75, 3.05) is 6.61 Å². The van der Waals surface area contributed by atoms with Gasteiger partial charge in [-0.1, -0.05) is 18.2 Å². The van der Waals surface area contributed by atoms with Gasteiger partial charge in [0.1, 0.15) is 0 Å². The Balaban J connectivity index is 1.82. The number of fused-ring (bicyclic) bond motifs is 6. The van der Waals surface area contributed by atoms with Gasteiger partial charge in [-0.2, -0.15) is 0 Å². The lowest BCUT2D eigenvalue weighted by Gasteiger charge is -2.21. The summed E-state index contributed by atoms with van der Waals surface area (Å²) in [5.41, 5.74) is 5.37. The van der Waals surface area contributed by atoms with Gasteiger partial charge in [-0.15, -0.1) is 0 Å². The third-order valence-electron chi connectivity index (χ3n) is 5.58. The first-order valence-corrected chi connectivity index (χ1v) is 9.42. The van der Waals surface area contributed by atoms with E-state index in [0.29, 0.717) is 18.5 Å². The van der Waals surface area contributed by atoms with Crippen molar-refractivity contribution < 1.29 is 4.74 Å². The molecule has 27 heavy (non-hydrogen) atoms. The molecule has 5 heteroatoms. The monoisotopic (exact) mass is 359 g/mol. The van der Waals surface area contributed by atoms with Crippen LogP contribution < -0.4 is 5.56 Å². The molecular weight excluding hydrogens is 338 g/mol. The van der Waals surface area contributed by atoms with Crippen molar-refractivity contribution in [1.82, 2.24) is 14.5 Å². The van der Waals surface area contributed by atoms with Crippen LogP contribution in [0.15, 0.2) is 47.5 Å². The van der Waals surface area contributed by atoms with Gasteiger partial charge in [-0.05, 0) is 43.4 Å². The van der Waals surface area contributed by atoms with Gasteiger partial charge >= 0.3 is 0 Å². The van der Waals surface area contributed by atoms with E-state index in [1.165, 1.54) is 10.9 Å². The number of benzene rings is 1. The Kier molecular flexibility index (Phi) is 3.65. The first-order chi connectivity index (χ1) is 13.2. The lowest BCUT2D eigenvalue weighted by molar-refractivity contribution is 0.0772. The molecule has 5 nitrogen and oxygen atoms in total. The van der Waals surface area contributed by atoms with Gasteiger partial charge in [0.05, 0.1) is 22.9 Å². The molecule has 1 N–H and O–H groups in total. The van der Waals surface area contributed by atoms with E-state index in [-0.39, 0.29) is 11.7 Å².